The Kier molecular flexibility index (Phi) is 7.39. The quantitative estimate of drug-likeness (QED) is 0.767. The summed E-state index contributed by atoms with van der Waals surface area (Å²) in [5.74, 6) is -0.156. The first-order valence-corrected chi connectivity index (χ1v) is 6.57. The van der Waals surface area contributed by atoms with E-state index >= 15 is 0 Å². The second-order valence-corrected chi connectivity index (χ2v) is 5.24. The predicted molar refractivity (Wildman–Crippen MR) is 71.4 cm³/mol. The van der Waals surface area contributed by atoms with E-state index in [1.165, 1.54) is 0 Å². The van der Waals surface area contributed by atoms with Crippen LogP contribution in [0.2, 0.25) is 0 Å². The molecule has 0 heterocycles. The molecule has 0 radical (unpaired) electrons. The van der Waals surface area contributed by atoms with Gasteiger partial charge in [-0.3, -0.25) is 4.79 Å². The van der Waals surface area contributed by atoms with Crippen LogP contribution >= 0.6 is 0 Å². The van der Waals surface area contributed by atoms with Gasteiger partial charge in [-0.25, -0.2) is 4.79 Å². The molecule has 0 aliphatic carbocycles. The van der Waals surface area contributed by atoms with Crippen LogP contribution in [0.3, 0.4) is 0 Å². The largest absolute Gasteiger partial charge is 0.444 e. The molecule has 106 valence electrons. The summed E-state index contributed by atoms with van der Waals surface area (Å²) in [5.41, 5.74) is -0.555. The molecule has 0 aromatic carbocycles. The number of amides is 2. The Morgan fingerprint density at radius 1 is 1.22 bits per heavy atom. The molecule has 5 nitrogen and oxygen atoms in total. The van der Waals surface area contributed by atoms with Crippen LogP contribution in [0.1, 0.15) is 53.9 Å². The van der Waals surface area contributed by atoms with Gasteiger partial charge in [0.25, 0.3) is 0 Å². The number of carbonyl (C=O) groups excluding carboxylic acids is 2. The van der Waals surface area contributed by atoms with Gasteiger partial charge in [0.05, 0.1) is 0 Å². The molecule has 0 fully saturated rings. The highest BCUT2D eigenvalue weighted by Gasteiger charge is 2.23. The highest BCUT2D eigenvalue weighted by atomic mass is 16.6. The van der Waals surface area contributed by atoms with Crippen molar-refractivity contribution in [1.29, 1.82) is 0 Å². The van der Waals surface area contributed by atoms with Gasteiger partial charge in [-0.15, -0.1) is 0 Å². The average molecular weight is 258 g/mol. The molecule has 2 amide bonds. The van der Waals surface area contributed by atoms with Gasteiger partial charge in [0.15, 0.2) is 0 Å². The third-order valence-electron chi connectivity index (χ3n) is 2.20. The van der Waals surface area contributed by atoms with Crippen molar-refractivity contribution in [2.45, 2.75) is 65.5 Å². The second-order valence-electron chi connectivity index (χ2n) is 5.24. The smallest absolute Gasteiger partial charge is 0.408 e. The first-order chi connectivity index (χ1) is 8.30. The molecular formula is C13H26N2O3. The summed E-state index contributed by atoms with van der Waals surface area (Å²) in [7, 11) is 0. The van der Waals surface area contributed by atoms with Crippen LogP contribution in [0, 0.1) is 0 Å². The van der Waals surface area contributed by atoms with Crippen molar-refractivity contribution in [2.75, 3.05) is 6.54 Å². The normalized spacial score (nSPS) is 12.7. The summed E-state index contributed by atoms with van der Waals surface area (Å²) in [6.45, 7) is 9.82. The maximum absolute atomic E-state index is 11.8. The lowest BCUT2D eigenvalue weighted by atomic mass is 10.1. The summed E-state index contributed by atoms with van der Waals surface area (Å²) >= 11 is 0. The molecule has 0 unspecified atom stereocenters. The molecule has 0 aromatic heterocycles. The summed E-state index contributed by atoms with van der Waals surface area (Å²) in [5, 5.41) is 5.33. The number of rotatable bonds is 6. The molecule has 0 spiro atoms. The first-order valence-electron chi connectivity index (χ1n) is 6.57. The maximum atomic E-state index is 11.8. The SMILES string of the molecule is CCCC[C@H](NC(=O)OC(C)(C)C)C(=O)NCC. The first kappa shape index (κ1) is 16.7. The lowest BCUT2D eigenvalue weighted by Gasteiger charge is -2.23. The number of likely N-dealkylation sites (N-methyl/N-ethyl adjacent to an activating group) is 1. The molecule has 5 heteroatoms. The van der Waals surface area contributed by atoms with Crippen molar-refractivity contribution in [3.63, 3.8) is 0 Å². The molecule has 0 saturated carbocycles. The zero-order valence-corrected chi connectivity index (χ0v) is 12.1. The van der Waals surface area contributed by atoms with Gasteiger partial charge < -0.3 is 15.4 Å². The molecule has 18 heavy (non-hydrogen) atoms. The summed E-state index contributed by atoms with van der Waals surface area (Å²) in [6.07, 6.45) is 1.94. The van der Waals surface area contributed by atoms with Gasteiger partial charge in [-0.1, -0.05) is 19.8 Å². The second kappa shape index (κ2) is 7.95. The minimum Gasteiger partial charge on any atom is -0.444 e. The van der Waals surface area contributed by atoms with E-state index in [1.54, 1.807) is 20.8 Å². The molecule has 0 aliphatic heterocycles. The van der Waals surface area contributed by atoms with Crippen molar-refractivity contribution >= 4 is 12.0 Å². The number of hydrogen-bond acceptors (Lipinski definition) is 3. The maximum Gasteiger partial charge on any atom is 0.408 e. The summed E-state index contributed by atoms with van der Waals surface area (Å²) < 4.78 is 5.15. The molecule has 0 rings (SSSR count). The standard InChI is InChI=1S/C13H26N2O3/c1-6-8-9-10(11(16)14-7-2)15-12(17)18-13(3,4)5/h10H,6-9H2,1-5H3,(H,14,16)(H,15,17)/t10-/m0/s1. The minimum atomic E-state index is -0.555. The molecule has 0 aliphatic rings. The van der Waals surface area contributed by atoms with Crippen LogP contribution in [-0.4, -0.2) is 30.2 Å². The monoisotopic (exact) mass is 258 g/mol. The Bertz CT molecular complexity index is 272. The van der Waals surface area contributed by atoms with Gasteiger partial charge in [0.2, 0.25) is 5.91 Å². The number of ether oxygens (including phenoxy) is 1. The summed E-state index contributed by atoms with van der Waals surface area (Å²) in [6, 6.07) is -0.514. The lowest BCUT2D eigenvalue weighted by molar-refractivity contribution is -0.123. The van der Waals surface area contributed by atoms with Crippen molar-refractivity contribution in [3.8, 4) is 0 Å². The van der Waals surface area contributed by atoms with Gasteiger partial charge in [0.1, 0.15) is 11.6 Å². The van der Waals surface area contributed by atoms with Crippen molar-refractivity contribution in [3.05, 3.63) is 0 Å². The van der Waals surface area contributed by atoms with E-state index in [9.17, 15) is 9.59 Å². The Morgan fingerprint density at radius 2 is 1.83 bits per heavy atom. The fourth-order valence-corrected chi connectivity index (χ4v) is 1.42. The van der Waals surface area contributed by atoms with E-state index in [0.717, 1.165) is 12.8 Å². The van der Waals surface area contributed by atoms with Gasteiger partial charge in [0, 0.05) is 6.54 Å². The van der Waals surface area contributed by atoms with E-state index in [4.69, 9.17) is 4.74 Å². The number of nitrogens with one attached hydrogen (secondary N) is 2. The Morgan fingerprint density at radius 3 is 2.28 bits per heavy atom. The van der Waals surface area contributed by atoms with Crippen LogP contribution in [-0.2, 0) is 9.53 Å². The van der Waals surface area contributed by atoms with E-state index in [-0.39, 0.29) is 5.91 Å². The number of hydrogen-bond donors (Lipinski definition) is 2. The Balaban J connectivity index is 4.39. The fourth-order valence-electron chi connectivity index (χ4n) is 1.42. The van der Waals surface area contributed by atoms with Crippen LogP contribution in [0.5, 0.6) is 0 Å². The number of alkyl carbamates (subject to hydrolysis) is 1. The third kappa shape index (κ3) is 7.92. The predicted octanol–water partition coefficient (Wildman–Crippen LogP) is 2.21. The van der Waals surface area contributed by atoms with E-state index < -0.39 is 17.7 Å². The molecule has 0 bridgehead atoms. The Labute approximate surface area is 110 Å². The van der Waals surface area contributed by atoms with Crippen LogP contribution in [0.15, 0.2) is 0 Å². The topological polar surface area (TPSA) is 67.4 Å². The van der Waals surface area contributed by atoms with Crippen molar-refractivity contribution < 1.29 is 14.3 Å². The molecule has 0 saturated heterocycles. The molecule has 0 aromatic rings. The van der Waals surface area contributed by atoms with Crippen LogP contribution < -0.4 is 10.6 Å². The van der Waals surface area contributed by atoms with E-state index in [2.05, 4.69) is 10.6 Å². The zero-order chi connectivity index (χ0) is 14.2. The van der Waals surface area contributed by atoms with E-state index in [1.807, 2.05) is 13.8 Å². The molecular weight excluding hydrogens is 232 g/mol. The van der Waals surface area contributed by atoms with Gasteiger partial charge in [-0.05, 0) is 34.1 Å². The average Bonchev–Trinajstić information content (AvgIpc) is 2.21. The van der Waals surface area contributed by atoms with Crippen molar-refractivity contribution in [1.82, 2.24) is 10.6 Å². The third-order valence-corrected chi connectivity index (χ3v) is 2.20. The van der Waals surface area contributed by atoms with Crippen LogP contribution in [0.4, 0.5) is 4.79 Å². The van der Waals surface area contributed by atoms with Crippen molar-refractivity contribution in [2.24, 2.45) is 0 Å². The van der Waals surface area contributed by atoms with Crippen LogP contribution in [0.25, 0.3) is 0 Å². The Hall–Kier alpha value is -1.26. The van der Waals surface area contributed by atoms with Gasteiger partial charge in [-0.2, -0.15) is 0 Å². The van der Waals surface area contributed by atoms with Gasteiger partial charge >= 0.3 is 6.09 Å². The number of carbonyl (C=O) groups is 2. The lowest BCUT2D eigenvalue weighted by Crippen LogP contribution is -2.48. The molecule has 1 atom stereocenters. The zero-order valence-electron chi connectivity index (χ0n) is 12.1. The molecule has 2 N–H and O–H groups in total. The highest BCUT2D eigenvalue weighted by molar-refractivity contribution is 5.85. The summed E-state index contributed by atoms with van der Waals surface area (Å²) in [4.78, 5) is 23.4. The highest BCUT2D eigenvalue weighted by Crippen LogP contribution is 2.08. The van der Waals surface area contributed by atoms with E-state index in [0.29, 0.717) is 13.0 Å². The fraction of sp³-hybridized carbons (Fsp3) is 0.846. The number of unbranched alkanes of at least 4 members (excludes halogenated alkanes) is 1. The minimum absolute atomic E-state index is 0.156.